The fourth-order valence-corrected chi connectivity index (χ4v) is 4.08. The zero-order valence-corrected chi connectivity index (χ0v) is 10.7. The molecule has 6 nitrogen and oxygen atoms in total. The summed E-state index contributed by atoms with van der Waals surface area (Å²) in [6.45, 7) is 0. The Morgan fingerprint density at radius 2 is 1.80 bits per heavy atom. The molecule has 0 unspecified atom stereocenters. The van der Waals surface area contributed by atoms with E-state index in [1.165, 1.54) is 0 Å². The largest absolute Gasteiger partial charge is 0.469 e. The number of hydrogen-bond donors (Lipinski definition) is 3. The van der Waals surface area contributed by atoms with Crippen LogP contribution in [0.3, 0.4) is 0 Å². The average molecular weight is 218 g/mol. The van der Waals surface area contributed by atoms with Crippen LogP contribution in [0.15, 0.2) is 0 Å². The first kappa shape index (κ1) is 10.6. The molecular weight excluding hydrogens is 208 g/mol. The Morgan fingerprint density at radius 3 is 2.30 bits per heavy atom. The Hall–Kier alpha value is 0.628. The van der Waals surface area contributed by atoms with Crippen molar-refractivity contribution in [1.82, 2.24) is 0 Å². The van der Waals surface area contributed by atoms with Crippen LogP contribution in [0.25, 0.3) is 0 Å². The summed E-state index contributed by atoms with van der Waals surface area (Å²) in [4.78, 5) is 24.8. The Labute approximate surface area is 66.9 Å². The molecular formula is H10O6Si4. The molecule has 0 aliphatic rings. The van der Waals surface area contributed by atoms with Gasteiger partial charge >= 0.3 is 9.53 Å². The highest BCUT2D eigenvalue weighted by Crippen LogP contribution is 1.73. The molecule has 10 heteroatoms. The molecule has 0 aliphatic heterocycles. The molecule has 0 amide bonds. The molecule has 0 bridgehead atoms. The maximum atomic E-state index is 8.27. The van der Waals surface area contributed by atoms with Gasteiger partial charge in [-0.2, -0.15) is 0 Å². The van der Waals surface area contributed by atoms with Gasteiger partial charge in [0, 0.05) is 0 Å². The van der Waals surface area contributed by atoms with E-state index >= 15 is 0 Å². The maximum absolute atomic E-state index is 8.27. The molecule has 0 aromatic carbocycles. The van der Waals surface area contributed by atoms with Crippen molar-refractivity contribution in [3.05, 3.63) is 0 Å². The monoisotopic (exact) mass is 218 g/mol. The Balaban J connectivity index is 2.77. The summed E-state index contributed by atoms with van der Waals surface area (Å²) in [7, 11) is -6.54. The highest BCUT2D eigenvalue weighted by Gasteiger charge is 2.00. The molecule has 0 atom stereocenters. The molecule has 0 radical (unpaired) electrons. The van der Waals surface area contributed by atoms with Gasteiger partial charge in [-0.3, -0.25) is 0 Å². The Kier molecular flexibility index (Phi) is 8.22. The van der Waals surface area contributed by atoms with Crippen molar-refractivity contribution in [2.75, 3.05) is 0 Å². The van der Waals surface area contributed by atoms with Gasteiger partial charge < -0.3 is 26.7 Å². The number of rotatable bonds is 6. The fraction of sp³-hybridized carbons (Fsp3) is 0. The van der Waals surface area contributed by atoms with E-state index in [0.717, 1.165) is 0 Å². The summed E-state index contributed by atoms with van der Waals surface area (Å²) in [5.41, 5.74) is 0. The van der Waals surface area contributed by atoms with Gasteiger partial charge in [0.1, 0.15) is 0 Å². The van der Waals surface area contributed by atoms with E-state index in [4.69, 9.17) is 18.5 Å². The molecule has 0 aromatic heterocycles. The van der Waals surface area contributed by atoms with Gasteiger partial charge in [0.2, 0.25) is 0 Å². The van der Waals surface area contributed by atoms with E-state index in [2.05, 4.69) is 8.23 Å². The lowest BCUT2D eigenvalue weighted by atomic mass is 15.7. The van der Waals surface area contributed by atoms with Crippen LogP contribution in [0.5, 0.6) is 0 Å². The second-order valence-electron chi connectivity index (χ2n) is 1.27. The van der Waals surface area contributed by atoms with Crippen molar-refractivity contribution >= 4 is 39.5 Å². The molecule has 0 spiro atoms. The highest BCUT2D eigenvalue weighted by molar-refractivity contribution is 6.47. The second kappa shape index (κ2) is 7.73. The third-order valence-electron chi connectivity index (χ3n) is 0.558. The topological polar surface area (TPSA) is 88.4 Å². The summed E-state index contributed by atoms with van der Waals surface area (Å²) >= 11 is 0. The van der Waals surface area contributed by atoms with Crippen LogP contribution in [-0.4, -0.2) is 53.9 Å². The highest BCUT2D eigenvalue weighted by atomic mass is 28.4. The molecule has 0 rings (SSSR count). The molecule has 0 fully saturated rings. The fourth-order valence-electron chi connectivity index (χ4n) is 0.239. The second-order valence-corrected chi connectivity index (χ2v) is 7.25. The van der Waals surface area contributed by atoms with Gasteiger partial charge in [-0.1, -0.05) is 0 Å². The lowest BCUT2D eigenvalue weighted by Crippen LogP contribution is -2.23. The standard InChI is InChI=1S/H10O6Si4/c1-7-4-8-5-9-6-10(2)3/h1-3,10H,7-9H2. The predicted molar refractivity (Wildman–Crippen MR) is 42.7 cm³/mol. The van der Waals surface area contributed by atoms with Crippen molar-refractivity contribution in [1.29, 1.82) is 0 Å². The summed E-state index contributed by atoms with van der Waals surface area (Å²) in [6.07, 6.45) is 0. The zero-order chi connectivity index (χ0) is 7.82. The third kappa shape index (κ3) is 8.63. The van der Waals surface area contributed by atoms with Crippen LogP contribution in [0.1, 0.15) is 0 Å². The molecule has 0 aromatic rings. The summed E-state index contributed by atoms with van der Waals surface area (Å²) < 4.78 is 13.9. The molecule has 0 saturated heterocycles. The zero-order valence-electron chi connectivity index (χ0n) is 5.27. The first-order chi connectivity index (χ1) is 4.77. The quantitative estimate of drug-likeness (QED) is 0.305. The van der Waals surface area contributed by atoms with E-state index in [-0.39, 0.29) is 0 Å². The van der Waals surface area contributed by atoms with Gasteiger partial charge in [0.15, 0.2) is 0 Å². The molecule has 3 N–H and O–H groups in total. The van der Waals surface area contributed by atoms with Gasteiger partial charge in [0.25, 0.3) is 30.0 Å². The van der Waals surface area contributed by atoms with Crippen LogP contribution >= 0.6 is 0 Å². The van der Waals surface area contributed by atoms with Gasteiger partial charge in [-0.15, -0.1) is 0 Å². The Morgan fingerprint density at radius 1 is 1.10 bits per heavy atom. The van der Waals surface area contributed by atoms with Gasteiger partial charge in [-0.25, -0.2) is 0 Å². The first-order valence-electron chi connectivity index (χ1n) is 2.51. The summed E-state index contributed by atoms with van der Waals surface area (Å²) in [5, 5.41) is 0. The minimum Gasteiger partial charge on any atom is -0.425 e. The lowest BCUT2D eigenvalue weighted by Gasteiger charge is -2.03. The minimum atomic E-state index is -2.87. The van der Waals surface area contributed by atoms with Crippen LogP contribution < -0.4 is 0 Å². The molecule has 0 heterocycles. The molecule has 10 heavy (non-hydrogen) atoms. The van der Waals surface area contributed by atoms with Crippen molar-refractivity contribution in [2.45, 2.75) is 0 Å². The molecule has 0 aliphatic carbocycles. The van der Waals surface area contributed by atoms with E-state index in [0.29, 0.717) is 0 Å². The minimum absolute atomic E-state index is 1.08. The normalized spacial score (nSPS) is 14.4. The summed E-state index contributed by atoms with van der Waals surface area (Å²) in [5.74, 6) is 0. The van der Waals surface area contributed by atoms with Gasteiger partial charge in [0.05, 0.1) is 0 Å². The van der Waals surface area contributed by atoms with E-state index in [1.807, 2.05) is 0 Å². The average Bonchev–Trinajstić information content (AvgIpc) is 1.87. The molecule has 0 saturated carbocycles. The van der Waals surface area contributed by atoms with Gasteiger partial charge in [-0.05, 0) is 0 Å². The smallest absolute Gasteiger partial charge is 0.425 e. The maximum Gasteiger partial charge on any atom is 0.469 e. The summed E-state index contributed by atoms with van der Waals surface area (Å²) in [6, 6.07) is 0. The van der Waals surface area contributed by atoms with Crippen molar-refractivity contribution in [3.63, 3.8) is 0 Å². The van der Waals surface area contributed by atoms with E-state index in [1.54, 1.807) is 0 Å². The van der Waals surface area contributed by atoms with Crippen LogP contribution in [0.2, 0.25) is 0 Å². The first-order valence-corrected chi connectivity index (χ1v) is 7.54. The van der Waals surface area contributed by atoms with Crippen LogP contribution in [0.4, 0.5) is 0 Å². The van der Waals surface area contributed by atoms with Crippen molar-refractivity contribution < 1.29 is 26.7 Å². The van der Waals surface area contributed by atoms with E-state index < -0.39 is 39.5 Å². The van der Waals surface area contributed by atoms with Crippen LogP contribution in [0, 0.1) is 0 Å². The van der Waals surface area contributed by atoms with Crippen molar-refractivity contribution in [3.8, 4) is 0 Å². The SMILES string of the molecule is O[SiH2]O[SiH2]O[SiH2]O[SiH](O)O. The van der Waals surface area contributed by atoms with E-state index in [9.17, 15) is 0 Å². The van der Waals surface area contributed by atoms with Crippen molar-refractivity contribution in [2.24, 2.45) is 0 Å². The van der Waals surface area contributed by atoms with Crippen LogP contribution in [-0.2, 0) is 12.3 Å². The Bertz CT molecular complexity index is 64.8. The molecule has 62 valence electrons. The number of hydrogen-bond acceptors (Lipinski definition) is 6. The lowest BCUT2D eigenvalue weighted by molar-refractivity contribution is 0.274. The predicted octanol–water partition coefficient (Wildman–Crippen LogP) is -5.27. The third-order valence-corrected chi connectivity index (χ3v) is 5.03.